The largest absolute Gasteiger partial charge is 0.454 e. The topological polar surface area (TPSA) is 34.2 Å². The molecule has 2 aromatic carbocycles. The minimum absolute atomic E-state index is 0.360. The van der Waals surface area contributed by atoms with Gasteiger partial charge >= 0.3 is 0 Å². The predicted octanol–water partition coefficient (Wildman–Crippen LogP) is 6.91. The molecule has 142 valence electrons. The number of nitrogens with one attached hydrogen (secondary N) is 1. The van der Waals surface area contributed by atoms with E-state index in [1.54, 1.807) is 0 Å². The lowest BCUT2D eigenvalue weighted by molar-refractivity contribution is 0.174. The first-order chi connectivity index (χ1) is 12.4. The van der Waals surface area contributed by atoms with E-state index in [-0.39, 0.29) is 0 Å². The van der Waals surface area contributed by atoms with Gasteiger partial charge in [-0.25, -0.2) is 0 Å². The summed E-state index contributed by atoms with van der Waals surface area (Å²) in [5.74, 6) is 3.36. The van der Waals surface area contributed by atoms with Crippen LogP contribution in [0, 0.1) is 11.8 Å². The van der Waals surface area contributed by atoms with Gasteiger partial charge in [0.05, 0.1) is 0 Å². The smallest absolute Gasteiger partial charge is 0.231 e. The summed E-state index contributed by atoms with van der Waals surface area (Å²) in [6.45, 7) is 13.4. The van der Waals surface area contributed by atoms with Crippen LogP contribution < -0.4 is 9.47 Å². The van der Waals surface area contributed by atoms with Crippen LogP contribution in [0.5, 0.6) is 11.5 Å². The minimum atomic E-state index is 0.360. The molecule has 0 saturated carbocycles. The molecule has 0 saturated heterocycles. The third kappa shape index (κ3) is 9.16. The number of rotatable bonds is 0. The van der Waals surface area contributed by atoms with Crippen LogP contribution in [-0.2, 0) is 0 Å². The van der Waals surface area contributed by atoms with Gasteiger partial charge < -0.3 is 14.5 Å². The van der Waals surface area contributed by atoms with E-state index in [0.717, 1.165) is 23.3 Å². The van der Waals surface area contributed by atoms with Gasteiger partial charge in [-0.3, -0.25) is 0 Å². The Balaban J connectivity index is 0.000000188. The molecule has 1 aliphatic heterocycles. The Bertz CT molecular complexity index is 667. The molecule has 1 aliphatic rings. The van der Waals surface area contributed by atoms with Gasteiger partial charge in [0, 0.05) is 11.7 Å². The van der Waals surface area contributed by atoms with Gasteiger partial charge in [-0.15, -0.1) is 0 Å². The highest BCUT2D eigenvalue weighted by molar-refractivity contribution is 5.78. The van der Waals surface area contributed by atoms with Crippen molar-refractivity contribution in [1.29, 1.82) is 0 Å². The van der Waals surface area contributed by atoms with Crippen LogP contribution >= 0.6 is 0 Å². The van der Waals surface area contributed by atoms with Crippen molar-refractivity contribution >= 4 is 10.9 Å². The lowest BCUT2D eigenvalue weighted by Gasteiger charge is -1.89. The fourth-order valence-electron chi connectivity index (χ4n) is 1.84. The second-order valence-corrected chi connectivity index (χ2v) is 7.38. The Hall–Kier alpha value is -2.42. The molecule has 0 atom stereocenters. The van der Waals surface area contributed by atoms with E-state index in [9.17, 15) is 0 Å². The van der Waals surface area contributed by atoms with E-state index >= 15 is 0 Å². The molecule has 0 unspecified atom stereocenters. The summed E-state index contributed by atoms with van der Waals surface area (Å²) in [5, 5.41) is 1.28. The number of H-pyrrole nitrogens is 1. The van der Waals surface area contributed by atoms with Crippen molar-refractivity contribution in [3.05, 3.63) is 60.8 Å². The molecule has 0 amide bonds. The first-order valence-electron chi connectivity index (χ1n) is 9.27. The average Bonchev–Trinajstić information content (AvgIpc) is 3.23. The third-order valence-corrected chi connectivity index (χ3v) is 2.74. The van der Waals surface area contributed by atoms with Gasteiger partial charge in [0.1, 0.15) is 0 Å². The second kappa shape index (κ2) is 12.0. The number of hydrogen-bond donors (Lipinski definition) is 1. The normalized spacial score (nSPS) is 11.1. The first-order valence-corrected chi connectivity index (χ1v) is 9.27. The summed E-state index contributed by atoms with van der Waals surface area (Å²) in [4.78, 5) is 3.12. The monoisotopic (exact) mass is 355 g/mol. The summed E-state index contributed by atoms with van der Waals surface area (Å²) in [7, 11) is 0. The van der Waals surface area contributed by atoms with Crippen LogP contribution in [0.1, 0.15) is 41.5 Å². The van der Waals surface area contributed by atoms with Crippen molar-refractivity contribution < 1.29 is 9.47 Å². The van der Waals surface area contributed by atoms with Crippen LogP contribution in [0.3, 0.4) is 0 Å². The summed E-state index contributed by atoms with van der Waals surface area (Å²) in [6.07, 6.45) is 1.95. The summed E-state index contributed by atoms with van der Waals surface area (Å²) in [6, 6.07) is 17.9. The van der Waals surface area contributed by atoms with Crippen LogP contribution in [0.25, 0.3) is 10.9 Å². The molecule has 3 aromatic rings. The average molecular weight is 356 g/mol. The SMILES string of the molecule is CC(C)C.CC(C)C.c1ccc2[nH]ccc2c1.c1ccc2c(c1)OCO2. The van der Waals surface area contributed by atoms with Crippen LogP contribution in [-0.4, -0.2) is 11.8 Å². The van der Waals surface area contributed by atoms with Gasteiger partial charge in [0.2, 0.25) is 6.79 Å². The molecular weight excluding hydrogens is 322 g/mol. The zero-order valence-corrected chi connectivity index (χ0v) is 17.0. The van der Waals surface area contributed by atoms with Crippen molar-refractivity contribution in [1.82, 2.24) is 4.98 Å². The highest BCUT2D eigenvalue weighted by atomic mass is 16.7. The van der Waals surface area contributed by atoms with Gasteiger partial charge in [-0.1, -0.05) is 71.9 Å². The fraction of sp³-hybridized carbons (Fsp3) is 0.391. The third-order valence-electron chi connectivity index (χ3n) is 2.74. The highest BCUT2D eigenvalue weighted by Gasteiger charge is 2.09. The summed E-state index contributed by atoms with van der Waals surface area (Å²) in [5.41, 5.74) is 1.21. The number of para-hydroxylation sites is 3. The molecule has 0 spiro atoms. The van der Waals surface area contributed by atoms with Crippen molar-refractivity contribution in [3.63, 3.8) is 0 Å². The second-order valence-electron chi connectivity index (χ2n) is 7.38. The van der Waals surface area contributed by atoms with Crippen LogP contribution in [0.4, 0.5) is 0 Å². The maximum Gasteiger partial charge on any atom is 0.231 e. The Morgan fingerprint density at radius 1 is 0.692 bits per heavy atom. The molecule has 26 heavy (non-hydrogen) atoms. The van der Waals surface area contributed by atoms with Crippen molar-refractivity contribution in [3.8, 4) is 11.5 Å². The Labute approximate surface area is 158 Å². The number of aromatic amines is 1. The van der Waals surface area contributed by atoms with E-state index < -0.39 is 0 Å². The molecule has 1 aromatic heterocycles. The van der Waals surface area contributed by atoms with Crippen LogP contribution in [0.15, 0.2) is 60.8 Å². The Morgan fingerprint density at radius 2 is 1.15 bits per heavy atom. The number of ether oxygens (including phenoxy) is 2. The molecule has 2 heterocycles. The molecule has 4 rings (SSSR count). The lowest BCUT2D eigenvalue weighted by Crippen LogP contribution is -1.92. The first kappa shape index (κ1) is 21.6. The number of benzene rings is 2. The number of aromatic nitrogens is 1. The zero-order valence-electron chi connectivity index (χ0n) is 17.0. The zero-order chi connectivity index (χ0) is 19.4. The quantitative estimate of drug-likeness (QED) is 0.475. The molecule has 3 nitrogen and oxygen atoms in total. The minimum Gasteiger partial charge on any atom is -0.454 e. The number of hydrogen-bond acceptors (Lipinski definition) is 2. The molecule has 0 fully saturated rings. The highest BCUT2D eigenvalue weighted by Crippen LogP contribution is 2.30. The molecule has 0 radical (unpaired) electrons. The summed E-state index contributed by atoms with van der Waals surface area (Å²) >= 11 is 0. The molecule has 0 bridgehead atoms. The molecule has 1 N–H and O–H groups in total. The van der Waals surface area contributed by atoms with Gasteiger partial charge in [-0.05, 0) is 41.5 Å². The van der Waals surface area contributed by atoms with E-state index in [2.05, 4.69) is 64.7 Å². The van der Waals surface area contributed by atoms with Crippen molar-refractivity contribution in [2.24, 2.45) is 11.8 Å². The van der Waals surface area contributed by atoms with Crippen molar-refractivity contribution in [2.45, 2.75) is 41.5 Å². The van der Waals surface area contributed by atoms with E-state index in [0.29, 0.717) is 6.79 Å². The maximum atomic E-state index is 5.08. The number of fused-ring (bicyclic) bond motifs is 2. The standard InChI is InChI=1S/C8H7N.C7H6O2.2C4H10/c1-2-4-8-7(3-1)5-6-9-8;1-2-4-7-6(3-1)8-5-9-7;2*1-4(2)3/h1-6,9H;1-4H,5H2;2*4H,1-3H3. The van der Waals surface area contributed by atoms with Gasteiger partial charge in [-0.2, -0.15) is 0 Å². The van der Waals surface area contributed by atoms with E-state index in [1.165, 1.54) is 10.9 Å². The molecule has 0 aliphatic carbocycles. The predicted molar refractivity (Wildman–Crippen MR) is 112 cm³/mol. The van der Waals surface area contributed by atoms with Gasteiger partial charge in [0.15, 0.2) is 11.5 Å². The van der Waals surface area contributed by atoms with Gasteiger partial charge in [0.25, 0.3) is 0 Å². The molecular formula is C23H33NO2. The summed E-state index contributed by atoms with van der Waals surface area (Å²) < 4.78 is 10.2. The Morgan fingerprint density at radius 3 is 1.65 bits per heavy atom. The fourth-order valence-corrected chi connectivity index (χ4v) is 1.84. The molecule has 3 heteroatoms. The van der Waals surface area contributed by atoms with E-state index in [4.69, 9.17) is 9.47 Å². The van der Waals surface area contributed by atoms with E-state index in [1.807, 2.05) is 42.6 Å². The van der Waals surface area contributed by atoms with Crippen LogP contribution in [0.2, 0.25) is 0 Å². The lowest BCUT2D eigenvalue weighted by atomic mass is 10.3. The maximum absolute atomic E-state index is 5.08. The van der Waals surface area contributed by atoms with Crippen molar-refractivity contribution in [2.75, 3.05) is 6.79 Å². The Kier molecular flexibility index (Phi) is 9.99.